The first-order valence-corrected chi connectivity index (χ1v) is 7.13. The minimum Gasteiger partial charge on any atom is -0.480 e. The topological polar surface area (TPSA) is 69.6 Å². The van der Waals surface area contributed by atoms with E-state index in [1.54, 1.807) is 0 Å². The smallest absolute Gasteiger partial charge is 0.327 e. The van der Waals surface area contributed by atoms with Crippen molar-refractivity contribution in [3.05, 3.63) is 0 Å². The van der Waals surface area contributed by atoms with Gasteiger partial charge in [-0.2, -0.15) is 0 Å². The average Bonchev–Trinajstić information content (AvgIpc) is 2.72. The molecule has 1 saturated heterocycles. The van der Waals surface area contributed by atoms with Crippen molar-refractivity contribution in [1.82, 2.24) is 10.2 Å². The molecule has 1 aliphatic heterocycles. The number of thioether (sulfide) groups is 1. The number of carbonyl (C=O) groups is 2. The van der Waals surface area contributed by atoms with Gasteiger partial charge in [0.25, 0.3) is 0 Å². The molecule has 0 aromatic heterocycles. The van der Waals surface area contributed by atoms with Crippen LogP contribution in [-0.4, -0.2) is 45.2 Å². The van der Waals surface area contributed by atoms with Crippen LogP contribution in [0.25, 0.3) is 0 Å². The molecule has 1 atom stereocenters. The van der Waals surface area contributed by atoms with Gasteiger partial charge in [-0.25, -0.2) is 9.59 Å². The van der Waals surface area contributed by atoms with Crippen LogP contribution < -0.4 is 5.32 Å². The first kappa shape index (κ1) is 12.5. The van der Waals surface area contributed by atoms with Crippen molar-refractivity contribution in [2.24, 2.45) is 0 Å². The van der Waals surface area contributed by atoms with Gasteiger partial charge in [-0.05, 0) is 25.7 Å². The molecule has 2 amide bonds. The molecule has 0 unspecified atom stereocenters. The average molecular weight is 258 g/mol. The lowest BCUT2D eigenvalue weighted by Gasteiger charge is -2.43. The fourth-order valence-corrected chi connectivity index (χ4v) is 3.46. The lowest BCUT2D eigenvalue weighted by atomic mass is 9.75. The van der Waals surface area contributed by atoms with Crippen molar-refractivity contribution in [3.8, 4) is 0 Å². The Morgan fingerprint density at radius 1 is 1.53 bits per heavy atom. The van der Waals surface area contributed by atoms with Gasteiger partial charge in [0.2, 0.25) is 0 Å². The van der Waals surface area contributed by atoms with E-state index in [2.05, 4.69) is 12.2 Å². The second kappa shape index (κ2) is 4.76. The standard InChI is InChI=1S/C11H18N2O3S/c1-2-11(4-3-5-11)12-10(16)13-7-17-6-8(13)9(14)15/h8H,2-7H2,1H3,(H,12,16)(H,14,15)/t8-/m0/s1. The van der Waals surface area contributed by atoms with Gasteiger partial charge < -0.3 is 15.3 Å². The summed E-state index contributed by atoms with van der Waals surface area (Å²) in [4.78, 5) is 24.5. The largest absolute Gasteiger partial charge is 0.480 e. The van der Waals surface area contributed by atoms with E-state index in [-0.39, 0.29) is 11.6 Å². The van der Waals surface area contributed by atoms with Crippen LogP contribution in [-0.2, 0) is 4.79 Å². The summed E-state index contributed by atoms with van der Waals surface area (Å²) in [5.74, 6) is 0.0501. The molecule has 2 fully saturated rings. The van der Waals surface area contributed by atoms with Crippen LogP contribution in [0.15, 0.2) is 0 Å². The third kappa shape index (κ3) is 2.36. The molecule has 2 rings (SSSR count). The second-order valence-electron chi connectivity index (χ2n) is 4.74. The second-order valence-corrected chi connectivity index (χ2v) is 5.74. The Bertz CT molecular complexity index is 325. The minimum atomic E-state index is -0.913. The van der Waals surface area contributed by atoms with Crippen molar-refractivity contribution in [2.75, 3.05) is 11.6 Å². The van der Waals surface area contributed by atoms with Gasteiger partial charge in [0.15, 0.2) is 0 Å². The molecule has 0 radical (unpaired) electrons. The molecule has 2 aliphatic rings. The van der Waals surface area contributed by atoms with Gasteiger partial charge in [-0.15, -0.1) is 11.8 Å². The maximum absolute atomic E-state index is 12.1. The highest BCUT2D eigenvalue weighted by Gasteiger charge is 2.41. The Balaban J connectivity index is 1.97. The van der Waals surface area contributed by atoms with Crippen LogP contribution >= 0.6 is 11.8 Å². The summed E-state index contributed by atoms with van der Waals surface area (Å²) in [6, 6.07) is -0.891. The number of carboxylic acid groups (broad SMARTS) is 1. The fraction of sp³-hybridized carbons (Fsp3) is 0.818. The van der Waals surface area contributed by atoms with Crippen LogP contribution in [0.5, 0.6) is 0 Å². The van der Waals surface area contributed by atoms with Crippen molar-refractivity contribution >= 4 is 23.8 Å². The van der Waals surface area contributed by atoms with Crippen LogP contribution in [0.2, 0.25) is 0 Å². The molecular formula is C11H18N2O3S. The summed E-state index contributed by atoms with van der Waals surface area (Å²) in [7, 11) is 0. The van der Waals surface area contributed by atoms with E-state index in [1.807, 2.05) is 0 Å². The first-order chi connectivity index (χ1) is 8.08. The number of carboxylic acids is 1. The van der Waals surface area contributed by atoms with Gasteiger partial charge in [-0.1, -0.05) is 6.92 Å². The predicted octanol–water partition coefficient (Wildman–Crippen LogP) is 1.49. The van der Waals surface area contributed by atoms with Crippen molar-refractivity contribution in [1.29, 1.82) is 0 Å². The number of rotatable bonds is 3. The van der Waals surface area contributed by atoms with E-state index < -0.39 is 12.0 Å². The van der Waals surface area contributed by atoms with Crippen LogP contribution in [0.3, 0.4) is 0 Å². The van der Waals surface area contributed by atoms with Gasteiger partial charge in [0, 0.05) is 11.3 Å². The summed E-state index contributed by atoms with van der Waals surface area (Å²) < 4.78 is 0. The first-order valence-electron chi connectivity index (χ1n) is 5.97. The highest BCUT2D eigenvalue weighted by molar-refractivity contribution is 7.99. The number of nitrogens with zero attached hydrogens (tertiary/aromatic N) is 1. The number of nitrogens with one attached hydrogen (secondary N) is 1. The lowest BCUT2D eigenvalue weighted by molar-refractivity contribution is -0.140. The Morgan fingerprint density at radius 2 is 2.24 bits per heavy atom. The SMILES string of the molecule is CCC1(NC(=O)N2CSC[C@H]2C(=O)O)CCC1. The molecule has 5 nitrogen and oxygen atoms in total. The van der Waals surface area contributed by atoms with E-state index in [4.69, 9.17) is 5.11 Å². The van der Waals surface area contributed by atoms with Crippen molar-refractivity contribution in [2.45, 2.75) is 44.2 Å². The summed E-state index contributed by atoms with van der Waals surface area (Å²) >= 11 is 1.49. The summed E-state index contributed by atoms with van der Waals surface area (Å²) in [5.41, 5.74) is -0.0760. The zero-order valence-electron chi connectivity index (χ0n) is 9.94. The van der Waals surface area contributed by atoms with Crippen LogP contribution in [0.1, 0.15) is 32.6 Å². The summed E-state index contributed by atoms with van der Waals surface area (Å²) in [6.45, 7) is 2.06. The lowest BCUT2D eigenvalue weighted by Crippen LogP contribution is -2.58. The molecular weight excluding hydrogens is 240 g/mol. The van der Waals surface area contributed by atoms with Gasteiger partial charge >= 0.3 is 12.0 Å². The molecule has 0 spiro atoms. The third-order valence-electron chi connectivity index (χ3n) is 3.79. The van der Waals surface area contributed by atoms with E-state index in [0.717, 1.165) is 25.7 Å². The number of aliphatic carboxylic acids is 1. The third-order valence-corrected chi connectivity index (χ3v) is 4.80. The van der Waals surface area contributed by atoms with Gasteiger partial charge in [-0.3, -0.25) is 0 Å². The molecule has 0 aromatic carbocycles. The van der Waals surface area contributed by atoms with Crippen molar-refractivity contribution < 1.29 is 14.7 Å². The molecule has 17 heavy (non-hydrogen) atoms. The molecule has 0 bridgehead atoms. The number of amides is 2. The molecule has 0 aromatic rings. The number of urea groups is 1. The van der Waals surface area contributed by atoms with E-state index in [0.29, 0.717) is 11.6 Å². The molecule has 96 valence electrons. The molecule has 2 N–H and O–H groups in total. The zero-order valence-corrected chi connectivity index (χ0v) is 10.8. The predicted molar refractivity (Wildman–Crippen MR) is 66.0 cm³/mol. The Kier molecular flexibility index (Phi) is 3.51. The number of hydrogen-bond donors (Lipinski definition) is 2. The molecule has 1 saturated carbocycles. The fourth-order valence-electron chi connectivity index (χ4n) is 2.32. The molecule has 1 heterocycles. The molecule has 1 aliphatic carbocycles. The Morgan fingerprint density at radius 3 is 2.71 bits per heavy atom. The van der Waals surface area contributed by atoms with Crippen LogP contribution in [0.4, 0.5) is 4.79 Å². The maximum Gasteiger partial charge on any atom is 0.327 e. The van der Waals surface area contributed by atoms with Gasteiger partial charge in [0.05, 0.1) is 5.88 Å². The number of hydrogen-bond acceptors (Lipinski definition) is 3. The van der Waals surface area contributed by atoms with E-state index >= 15 is 0 Å². The minimum absolute atomic E-state index is 0.0760. The highest BCUT2D eigenvalue weighted by atomic mass is 32.2. The van der Waals surface area contributed by atoms with Gasteiger partial charge in [0.1, 0.15) is 6.04 Å². The molecule has 6 heteroatoms. The quantitative estimate of drug-likeness (QED) is 0.804. The Labute approximate surface area is 105 Å². The monoisotopic (exact) mass is 258 g/mol. The highest BCUT2D eigenvalue weighted by Crippen LogP contribution is 2.35. The maximum atomic E-state index is 12.1. The summed E-state index contributed by atoms with van der Waals surface area (Å²) in [6.07, 6.45) is 4.07. The van der Waals surface area contributed by atoms with Crippen LogP contribution in [0, 0.1) is 0 Å². The summed E-state index contributed by atoms with van der Waals surface area (Å²) in [5, 5.41) is 12.0. The van der Waals surface area contributed by atoms with E-state index in [9.17, 15) is 9.59 Å². The Hall–Kier alpha value is -0.910. The zero-order chi connectivity index (χ0) is 12.5. The van der Waals surface area contributed by atoms with E-state index in [1.165, 1.54) is 16.7 Å². The normalized spacial score (nSPS) is 26.4. The van der Waals surface area contributed by atoms with Crippen molar-refractivity contribution in [3.63, 3.8) is 0 Å². The number of carbonyl (C=O) groups excluding carboxylic acids is 1.